The Balaban J connectivity index is 1.41. The lowest BCUT2D eigenvalue weighted by atomic mass is 10.0. The third kappa shape index (κ3) is 4.18. The molecule has 0 amide bonds. The summed E-state index contributed by atoms with van der Waals surface area (Å²) in [6, 6.07) is 45.6. The van der Waals surface area contributed by atoms with Gasteiger partial charge in [0.2, 0.25) is 0 Å². The van der Waals surface area contributed by atoms with E-state index in [1.807, 2.05) is 11.8 Å². The molecule has 0 N–H and O–H groups in total. The zero-order valence-corrected chi connectivity index (χ0v) is 23.4. The lowest BCUT2D eigenvalue weighted by molar-refractivity contribution is 1.08. The summed E-state index contributed by atoms with van der Waals surface area (Å²) < 4.78 is 2.34. The summed E-state index contributed by atoms with van der Waals surface area (Å²) in [5.41, 5.74) is 10.5. The van der Waals surface area contributed by atoms with Crippen LogP contribution in [0.2, 0.25) is 0 Å². The standard InChI is InChI=1S/C38H26N2S/c1-25-16-19-36-28(20-25)17-18-29-21-32-31-14-8-9-15-34(31)40(35(32)24-37(29)41-36)38-23-30(26-10-4-2-5-11-26)22-33(39-38)27-12-6-3-7-13-27/h2-24H,1H3. The van der Waals surface area contributed by atoms with Gasteiger partial charge >= 0.3 is 0 Å². The van der Waals surface area contributed by atoms with Crippen molar-refractivity contribution in [3.63, 3.8) is 0 Å². The van der Waals surface area contributed by atoms with E-state index >= 15 is 0 Å². The van der Waals surface area contributed by atoms with Crippen molar-refractivity contribution in [3.05, 3.63) is 144 Å². The maximum absolute atomic E-state index is 5.29. The molecule has 0 unspecified atom stereocenters. The highest BCUT2D eigenvalue weighted by Gasteiger charge is 2.19. The molecule has 1 aliphatic heterocycles. The van der Waals surface area contributed by atoms with Crippen molar-refractivity contribution >= 4 is 45.7 Å². The smallest absolute Gasteiger partial charge is 0.138 e. The van der Waals surface area contributed by atoms with E-state index in [0.29, 0.717) is 0 Å². The number of nitrogens with zero attached hydrogens (tertiary/aromatic N) is 2. The fraction of sp³-hybridized carbons (Fsp3) is 0.0263. The van der Waals surface area contributed by atoms with Gasteiger partial charge in [-0.1, -0.05) is 120 Å². The molecule has 0 fully saturated rings. The van der Waals surface area contributed by atoms with E-state index in [4.69, 9.17) is 4.98 Å². The van der Waals surface area contributed by atoms with Crippen LogP contribution in [0.3, 0.4) is 0 Å². The number of rotatable bonds is 3. The van der Waals surface area contributed by atoms with Crippen LogP contribution >= 0.6 is 11.8 Å². The number of aryl methyl sites for hydroxylation is 1. The van der Waals surface area contributed by atoms with E-state index in [-0.39, 0.29) is 0 Å². The number of fused-ring (bicyclic) bond motifs is 5. The van der Waals surface area contributed by atoms with Gasteiger partial charge in [0.1, 0.15) is 5.82 Å². The van der Waals surface area contributed by atoms with E-state index in [1.165, 1.54) is 42.8 Å². The van der Waals surface area contributed by atoms with Crippen molar-refractivity contribution < 1.29 is 0 Å². The summed E-state index contributed by atoms with van der Waals surface area (Å²) in [5, 5.41) is 2.47. The molecule has 0 spiro atoms. The summed E-state index contributed by atoms with van der Waals surface area (Å²) in [6.07, 6.45) is 4.52. The maximum atomic E-state index is 5.29. The Bertz CT molecular complexity index is 2060. The first kappa shape index (κ1) is 24.0. The predicted octanol–water partition coefficient (Wildman–Crippen LogP) is 10.5. The molecule has 3 heteroatoms. The second-order valence-electron chi connectivity index (χ2n) is 10.6. The summed E-state index contributed by atoms with van der Waals surface area (Å²) in [6.45, 7) is 2.15. The van der Waals surface area contributed by atoms with Crippen LogP contribution in [0.25, 0.3) is 62.2 Å². The zero-order valence-electron chi connectivity index (χ0n) is 22.6. The Morgan fingerprint density at radius 1 is 0.537 bits per heavy atom. The largest absolute Gasteiger partial charge is 0.294 e. The van der Waals surface area contributed by atoms with Crippen molar-refractivity contribution in [2.45, 2.75) is 16.7 Å². The first-order chi connectivity index (χ1) is 20.2. The molecule has 2 nitrogen and oxygen atoms in total. The van der Waals surface area contributed by atoms with Gasteiger partial charge in [0, 0.05) is 26.1 Å². The van der Waals surface area contributed by atoms with E-state index in [2.05, 4.69) is 151 Å². The molecule has 3 heterocycles. The van der Waals surface area contributed by atoms with Crippen LogP contribution < -0.4 is 0 Å². The number of pyridine rings is 1. The SMILES string of the molecule is Cc1ccc2c(c1)C=Cc1cc3c4ccccc4n(-c4cc(-c5ccccc5)cc(-c5ccccc5)n4)c3cc1S2. The Morgan fingerprint density at radius 3 is 2.05 bits per heavy atom. The normalized spacial score (nSPS) is 12.3. The molecule has 0 saturated heterocycles. The molecule has 0 atom stereocenters. The van der Waals surface area contributed by atoms with Gasteiger partial charge in [-0.3, -0.25) is 4.57 Å². The van der Waals surface area contributed by atoms with Gasteiger partial charge in [-0.2, -0.15) is 0 Å². The molecule has 0 radical (unpaired) electrons. The highest BCUT2D eigenvalue weighted by molar-refractivity contribution is 7.99. The quantitative estimate of drug-likeness (QED) is 0.221. The average Bonchev–Trinajstić information content (AvgIpc) is 3.23. The van der Waals surface area contributed by atoms with Gasteiger partial charge in [0.25, 0.3) is 0 Å². The lowest BCUT2D eigenvalue weighted by Gasteiger charge is -2.13. The first-order valence-corrected chi connectivity index (χ1v) is 14.7. The third-order valence-electron chi connectivity index (χ3n) is 7.85. The van der Waals surface area contributed by atoms with Crippen LogP contribution in [0, 0.1) is 6.92 Å². The number of hydrogen-bond donors (Lipinski definition) is 0. The molecule has 0 aliphatic carbocycles. The van der Waals surface area contributed by atoms with E-state index in [0.717, 1.165) is 33.7 Å². The Labute approximate surface area is 243 Å². The second kappa shape index (κ2) is 9.65. The fourth-order valence-electron chi connectivity index (χ4n) is 5.85. The van der Waals surface area contributed by atoms with Gasteiger partial charge in [-0.25, -0.2) is 4.98 Å². The minimum atomic E-state index is 0.918. The second-order valence-corrected chi connectivity index (χ2v) is 11.7. The van der Waals surface area contributed by atoms with Crippen LogP contribution in [-0.4, -0.2) is 9.55 Å². The van der Waals surface area contributed by atoms with Gasteiger partial charge < -0.3 is 0 Å². The van der Waals surface area contributed by atoms with Crippen molar-refractivity contribution in [2.24, 2.45) is 0 Å². The van der Waals surface area contributed by atoms with Crippen LogP contribution in [0.15, 0.2) is 137 Å². The van der Waals surface area contributed by atoms with Gasteiger partial charge in [0.15, 0.2) is 0 Å². The molecule has 41 heavy (non-hydrogen) atoms. The molecule has 0 saturated carbocycles. The Kier molecular flexibility index (Phi) is 5.65. The number of para-hydroxylation sites is 1. The number of benzene rings is 5. The monoisotopic (exact) mass is 542 g/mol. The maximum Gasteiger partial charge on any atom is 0.138 e. The zero-order chi connectivity index (χ0) is 27.3. The van der Waals surface area contributed by atoms with Crippen molar-refractivity contribution in [1.82, 2.24) is 9.55 Å². The number of aromatic nitrogens is 2. The molecule has 5 aromatic carbocycles. The van der Waals surface area contributed by atoms with Crippen molar-refractivity contribution in [2.75, 3.05) is 0 Å². The molecule has 7 aromatic rings. The van der Waals surface area contributed by atoms with Crippen LogP contribution in [-0.2, 0) is 0 Å². The molecule has 1 aliphatic rings. The minimum Gasteiger partial charge on any atom is -0.294 e. The van der Waals surface area contributed by atoms with Gasteiger partial charge in [-0.05, 0) is 65.6 Å². The van der Waals surface area contributed by atoms with Crippen molar-refractivity contribution in [3.8, 4) is 28.2 Å². The predicted molar refractivity (Wildman–Crippen MR) is 174 cm³/mol. The van der Waals surface area contributed by atoms with Crippen LogP contribution in [0.5, 0.6) is 0 Å². The molecule has 8 rings (SSSR count). The third-order valence-corrected chi connectivity index (χ3v) is 9.01. The number of hydrogen-bond acceptors (Lipinski definition) is 2. The highest BCUT2D eigenvalue weighted by atomic mass is 32.2. The van der Waals surface area contributed by atoms with Gasteiger partial charge in [0.05, 0.1) is 16.7 Å². The van der Waals surface area contributed by atoms with Gasteiger partial charge in [-0.15, -0.1) is 0 Å². The van der Waals surface area contributed by atoms with Crippen LogP contribution in [0.4, 0.5) is 0 Å². The van der Waals surface area contributed by atoms with E-state index in [1.54, 1.807) is 0 Å². The molecule has 194 valence electrons. The van der Waals surface area contributed by atoms with E-state index in [9.17, 15) is 0 Å². The van der Waals surface area contributed by atoms with Crippen molar-refractivity contribution in [1.29, 1.82) is 0 Å². The fourth-order valence-corrected chi connectivity index (χ4v) is 6.89. The average molecular weight is 543 g/mol. The van der Waals surface area contributed by atoms with Crippen LogP contribution in [0.1, 0.15) is 16.7 Å². The topological polar surface area (TPSA) is 17.8 Å². The molecule has 2 aromatic heterocycles. The lowest BCUT2D eigenvalue weighted by Crippen LogP contribution is -2.00. The van der Waals surface area contributed by atoms with E-state index < -0.39 is 0 Å². The molecular formula is C38H26N2S. The summed E-state index contributed by atoms with van der Waals surface area (Å²) in [5.74, 6) is 0.918. The minimum absolute atomic E-state index is 0.918. The molecular weight excluding hydrogens is 516 g/mol. The molecule has 0 bridgehead atoms. The highest BCUT2D eigenvalue weighted by Crippen LogP contribution is 2.42. The Morgan fingerprint density at radius 2 is 1.24 bits per heavy atom. The summed E-state index contributed by atoms with van der Waals surface area (Å²) in [7, 11) is 0. The summed E-state index contributed by atoms with van der Waals surface area (Å²) >= 11 is 1.84. The Hall–Kier alpha value is -4.86. The first-order valence-electron chi connectivity index (χ1n) is 13.9. The summed E-state index contributed by atoms with van der Waals surface area (Å²) in [4.78, 5) is 7.82.